The summed E-state index contributed by atoms with van der Waals surface area (Å²) < 4.78 is 0. The van der Waals surface area contributed by atoms with Crippen LogP contribution in [0.25, 0.3) is 11.1 Å². The lowest BCUT2D eigenvalue weighted by atomic mass is 9.97. The smallest absolute Gasteiger partial charge is 0.00107 e. The maximum atomic E-state index is 3.92. The van der Waals surface area contributed by atoms with Crippen LogP contribution in [-0.4, -0.2) is 0 Å². The van der Waals surface area contributed by atoms with E-state index in [2.05, 4.69) is 49.4 Å². The molecule has 0 fully saturated rings. The van der Waals surface area contributed by atoms with Crippen molar-refractivity contribution in [1.82, 2.24) is 0 Å². The van der Waals surface area contributed by atoms with Gasteiger partial charge in [-0.2, -0.15) is 0 Å². The first-order chi connectivity index (χ1) is 9.40. The molecule has 0 heteroatoms. The highest BCUT2D eigenvalue weighted by molar-refractivity contribution is 5.77. The molecule has 0 nitrogen and oxygen atoms in total. The molecule has 97 valence electrons. The van der Waals surface area contributed by atoms with Gasteiger partial charge in [0.1, 0.15) is 0 Å². The van der Waals surface area contributed by atoms with Crippen LogP contribution >= 0.6 is 0 Å². The van der Waals surface area contributed by atoms with E-state index in [9.17, 15) is 0 Å². The summed E-state index contributed by atoms with van der Waals surface area (Å²) in [4.78, 5) is 0. The highest BCUT2D eigenvalue weighted by atomic mass is 14.2. The Balaban J connectivity index is 1.82. The largest absolute Gasteiger partial charge is 0.0619 e. The fourth-order valence-corrected chi connectivity index (χ4v) is 3.13. The molecule has 3 rings (SSSR count). The Morgan fingerprint density at radius 3 is 2.58 bits per heavy atom. The third-order valence-corrected chi connectivity index (χ3v) is 4.14. The van der Waals surface area contributed by atoms with Gasteiger partial charge in [0, 0.05) is 0 Å². The third kappa shape index (κ3) is 2.45. The Hall–Kier alpha value is -1.56. The van der Waals surface area contributed by atoms with Gasteiger partial charge in [-0.1, -0.05) is 68.7 Å². The molecule has 0 heterocycles. The lowest BCUT2D eigenvalue weighted by Gasteiger charge is -2.08. The molecule has 2 aromatic carbocycles. The van der Waals surface area contributed by atoms with E-state index < -0.39 is 0 Å². The van der Waals surface area contributed by atoms with Crippen molar-refractivity contribution in [3.05, 3.63) is 66.1 Å². The zero-order valence-electron chi connectivity index (χ0n) is 11.5. The molecule has 2 aromatic rings. The maximum Gasteiger partial charge on any atom is -0.00107 e. The standard InChI is InChI=1S/C19H21/c1-2-3-4-5-9-15-11-8-13-18-17-12-7-6-10-16(17)14-19(15)18/h6-8,10-13H,1-5,9,14H2. The maximum absolute atomic E-state index is 3.92. The molecule has 1 radical (unpaired) electrons. The normalized spacial score (nSPS) is 12.3. The van der Waals surface area contributed by atoms with Crippen molar-refractivity contribution in [3.8, 4) is 11.1 Å². The van der Waals surface area contributed by atoms with Gasteiger partial charge in [0.2, 0.25) is 0 Å². The second-order valence-electron chi connectivity index (χ2n) is 5.44. The Morgan fingerprint density at radius 2 is 1.68 bits per heavy atom. The average Bonchev–Trinajstić information content (AvgIpc) is 2.83. The third-order valence-electron chi connectivity index (χ3n) is 4.14. The van der Waals surface area contributed by atoms with Gasteiger partial charge < -0.3 is 0 Å². The van der Waals surface area contributed by atoms with Crippen molar-refractivity contribution in [3.63, 3.8) is 0 Å². The van der Waals surface area contributed by atoms with E-state index >= 15 is 0 Å². The van der Waals surface area contributed by atoms with E-state index in [1.54, 1.807) is 11.1 Å². The van der Waals surface area contributed by atoms with E-state index in [-0.39, 0.29) is 0 Å². The lowest BCUT2D eigenvalue weighted by molar-refractivity contribution is 0.684. The number of aryl methyl sites for hydroxylation is 1. The second kappa shape index (κ2) is 5.61. The SMILES string of the molecule is [CH2]CCCCCc1cccc2c1Cc1ccccc1-2. The van der Waals surface area contributed by atoms with Crippen LogP contribution in [0.4, 0.5) is 0 Å². The summed E-state index contributed by atoms with van der Waals surface area (Å²) in [5.74, 6) is 0. The van der Waals surface area contributed by atoms with Crippen LogP contribution in [-0.2, 0) is 12.8 Å². The number of benzene rings is 2. The number of hydrogen-bond acceptors (Lipinski definition) is 0. The Morgan fingerprint density at radius 1 is 0.842 bits per heavy atom. The number of rotatable bonds is 5. The predicted molar refractivity (Wildman–Crippen MR) is 82.2 cm³/mol. The second-order valence-corrected chi connectivity index (χ2v) is 5.44. The zero-order chi connectivity index (χ0) is 13.1. The summed E-state index contributed by atoms with van der Waals surface area (Å²) in [5, 5.41) is 0. The van der Waals surface area contributed by atoms with Crippen molar-refractivity contribution in [2.24, 2.45) is 0 Å². The van der Waals surface area contributed by atoms with Crippen LogP contribution in [0.2, 0.25) is 0 Å². The molecule has 0 aromatic heterocycles. The van der Waals surface area contributed by atoms with Crippen molar-refractivity contribution >= 4 is 0 Å². The van der Waals surface area contributed by atoms with Gasteiger partial charge in [-0.15, -0.1) is 0 Å². The summed E-state index contributed by atoms with van der Waals surface area (Å²) in [6, 6.07) is 15.6. The van der Waals surface area contributed by atoms with Crippen molar-refractivity contribution < 1.29 is 0 Å². The molecule has 1 aliphatic rings. The molecule has 0 saturated carbocycles. The Bertz CT molecular complexity index is 566. The lowest BCUT2D eigenvalue weighted by Crippen LogP contribution is -1.93. The summed E-state index contributed by atoms with van der Waals surface area (Å²) in [6.45, 7) is 3.92. The molecule has 0 saturated heterocycles. The van der Waals surface area contributed by atoms with Gasteiger partial charge in [-0.05, 0) is 47.1 Å². The van der Waals surface area contributed by atoms with Crippen LogP contribution in [0, 0.1) is 6.92 Å². The van der Waals surface area contributed by atoms with E-state index in [4.69, 9.17) is 0 Å². The first-order valence-electron chi connectivity index (χ1n) is 7.38. The molecule has 0 spiro atoms. The molecule has 0 amide bonds. The first-order valence-corrected chi connectivity index (χ1v) is 7.38. The van der Waals surface area contributed by atoms with Gasteiger partial charge in [0.15, 0.2) is 0 Å². The quantitative estimate of drug-likeness (QED) is 0.545. The molecule has 0 N–H and O–H groups in total. The molecule has 0 unspecified atom stereocenters. The van der Waals surface area contributed by atoms with E-state index in [0.717, 1.165) is 12.8 Å². The summed E-state index contributed by atoms with van der Waals surface area (Å²) >= 11 is 0. The minimum absolute atomic E-state index is 1.07. The average molecular weight is 249 g/mol. The number of unbranched alkanes of at least 4 members (excludes halogenated alkanes) is 3. The van der Waals surface area contributed by atoms with Gasteiger partial charge in [-0.3, -0.25) is 0 Å². The molecule has 19 heavy (non-hydrogen) atoms. The van der Waals surface area contributed by atoms with Crippen molar-refractivity contribution in [2.75, 3.05) is 0 Å². The molecular formula is C19H21. The minimum atomic E-state index is 1.07. The molecule has 0 aliphatic heterocycles. The van der Waals surface area contributed by atoms with E-state index in [1.807, 2.05) is 0 Å². The highest BCUT2D eigenvalue weighted by Crippen LogP contribution is 2.38. The molecule has 0 bridgehead atoms. The summed E-state index contributed by atoms with van der Waals surface area (Å²) in [5.41, 5.74) is 7.51. The number of fused-ring (bicyclic) bond motifs is 3. The Kier molecular flexibility index (Phi) is 3.68. The molecule has 0 atom stereocenters. The monoisotopic (exact) mass is 249 g/mol. The van der Waals surface area contributed by atoms with Gasteiger partial charge in [0.05, 0.1) is 0 Å². The van der Waals surface area contributed by atoms with Crippen LogP contribution in [0.5, 0.6) is 0 Å². The fourth-order valence-electron chi connectivity index (χ4n) is 3.13. The van der Waals surface area contributed by atoms with E-state index in [0.29, 0.717) is 0 Å². The van der Waals surface area contributed by atoms with Crippen LogP contribution in [0.1, 0.15) is 42.4 Å². The van der Waals surface area contributed by atoms with Crippen LogP contribution in [0.15, 0.2) is 42.5 Å². The summed E-state index contributed by atoms with van der Waals surface area (Å²) in [7, 11) is 0. The number of hydrogen-bond donors (Lipinski definition) is 0. The first kappa shape index (κ1) is 12.5. The topological polar surface area (TPSA) is 0 Å². The van der Waals surface area contributed by atoms with Crippen LogP contribution in [0.3, 0.4) is 0 Å². The van der Waals surface area contributed by atoms with Gasteiger partial charge in [0.25, 0.3) is 0 Å². The highest BCUT2D eigenvalue weighted by Gasteiger charge is 2.19. The van der Waals surface area contributed by atoms with E-state index in [1.165, 1.54) is 42.4 Å². The van der Waals surface area contributed by atoms with Crippen LogP contribution < -0.4 is 0 Å². The summed E-state index contributed by atoms with van der Waals surface area (Å²) in [6.07, 6.45) is 7.27. The fraction of sp³-hybridized carbons (Fsp3) is 0.316. The zero-order valence-corrected chi connectivity index (χ0v) is 11.5. The van der Waals surface area contributed by atoms with Gasteiger partial charge in [-0.25, -0.2) is 0 Å². The van der Waals surface area contributed by atoms with Crippen molar-refractivity contribution in [1.29, 1.82) is 0 Å². The Labute approximate surface area is 116 Å². The molecule has 1 aliphatic carbocycles. The molecular weight excluding hydrogens is 228 g/mol. The van der Waals surface area contributed by atoms with Crippen molar-refractivity contribution in [2.45, 2.75) is 38.5 Å². The van der Waals surface area contributed by atoms with Gasteiger partial charge >= 0.3 is 0 Å². The minimum Gasteiger partial charge on any atom is -0.0619 e. The predicted octanol–water partition coefficient (Wildman–Crippen LogP) is 5.19.